The number of aliphatic imine (C=N–C) groups is 2. The van der Waals surface area contributed by atoms with Gasteiger partial charge in [-0.15, -0.1) is 0 Å². The molecule has 0 atom stereocenters. The molecule has 2 nitrogen and oxygen atoms in total. The van der Waals surface area contributed by atoms with Gasteiger partial charge in [0.2, 0.25) is 0 Å². The van der Waals surface area contributed by atoms with E-state index in [1.54, 1.807) is 0 Å². The van der Waals surface area contributed by atoms with Crippen LogP contribution in [0, 0.1) is 0 Å². The lowest BCUT2D eigenvalue weighted by Gasteiger charge is -2.03. The fourth-order valence-electron chi connectivity index (χ4n) is 4.18. The molecular weight excluding hydrogens is 376 g/mol. The topological polar surface area (TPSA) is 24.7 Å². The first kappa shape index (κ1) is 25.3. The summed E-state index contributed by atoms with van der Waals surface area (Å²) < 4.78 is 0. The third kappa shape index (κ3) is 11.9. The second-order valence-electron chi connectivity index (χ2n) is 8.90. The highest BCUT2D eigenvalue weighted by Crippen LogP contribution is 2.24. The minimum atomic E-state index is 0.840. The molecule has 0 saturated carbocycles. The van der Waals surface area contributed by atoms with E-state index in [-0.39, 0.29) is 0 Å². The molecule has 2 rings (SSSR count). The lowest BCUT2D eigenvalue weighted by molar-refractivity contribution is 0.530. The number of hydrogen-bond donors (Lipinski definition) is 0. The Hall–Kier alpha value is -1.92. The quantitative estimate of drug-likeness (QED) is 0.169. The van der Waals surface area contributed by atoms with Gasteiger partial charge in [0.1, 0.15) is 0 Å². The second-order valence-corrected chi connectivity index (χ2v) is 8.90. The van der Waals surface area contributed by atoms with Crippen LogP contribution in [0.3, 0.4) is 0 Å². The van der Waals surface area contributed by atoms with Crippen molar-refractivity contribution in [3.05, 3.63) is 42.5 Å². The van der Waals surface area contributed by atoms with E-state index >= 15 is 0 Å². The van der Waals surface area contributed by atoms with Crippen molar-refractivity contribution in [2.45, 2.75) is 110 Å². The van der Waals surface area contributed by atoms with E-state index in [2.05, 4.69) is 53.2 Å². The number of rotatable bonds is 18. The highest BCUT2D eigenvalue weighted by Gasteiger charge is 1.97. The maximum atomic E-state index is 4.43. The van der Waals surface area contributed by atoms with Crippen LogP contribution in [0.25, 0.3) is 10.8 Å². The monoisotopic (exact) mass is 420 g/mol. The van der Waals surface area contributed by atoms with Crippen LogP contribution in [0.1, 0.15) is 110 Å². The molecule has 0 bridgehead atoms. The van der Waals surface area contributed by atoms with Gasteiger partial charge in [0.05, 0.1) is 11.7 Å². The first-order chi connectivity index (χ1) is 15.4. The van der Waals surface area contributed by atoms with Crippen LogP contribution < -0.4 is 0 Å². The molecular formula is C29H44N2. The molecule has 0 unspecified atom stereocenters. The molecule has 0 amide bonds. The predicted octanol–water partition coefficient (Wildman–Crippen LogP) is 9.91. The van der Waals surface area contributed by atoms with Crippen LogP contribution in [-0.2, 0) is 0 Å². The summed E-state index contributed by atoms with van der Waals surface area (Å²) in [5.74, 6) is 0. The fraction of sp³-hybridized carbons (Fsp3) is 0.621. The number of benzene rings is 2. The molecule has 2 aromatic carbocycles. The molecule has 31 heavy (non-hydrogen) atoms. The Kier molecular flexibility index (Phi) is 14.5. The molecule has 0 aliphatic rings. The van der Waals surface area contributed by atoms with Crippen molar-refractivity contribution in [3.63, 3.8) is 0 Å². The summed E-state index contributed by atoms with van der Waals surface area (Å²) in [5, 5.41) is 2.37. The van der Waals surface area contributed by atoms with Gasteiger partial charge in [-0.25, -0.2) is 4.99 Å². The predicted molar refractivity (Wildman–Crippen MR) is 138 cm³/mol. The minimum absolute atomic E-state index is 0.840. The third-order valence-electron chi connectivity index (χ3n) is 6.13. The SMILES string of the molecule is CCCCCCCCCCCCCCCCCCN=C=Nc1cccc2ccccc12. The smallest absolute Gasteiger partial charge is 0.0949 e. The van der Waals surface area contributed by atoms with Gasteiger partial charge >= 0.3 is 0 Å². The maximum Gasteiger partial charge on any atom is 0.0949 e. The average Bonchev–Trinajstić information content (AvgIpc) is 2.80. The van der Waals surface area contributed by atoms with Gasteiger partial charge in [0, 0.05) is 11.9 Å². The number of nitrogens with zero attached hydrogens (tertiary/aromatic N) is 2. The van der Waals surface area contributed by atoms with Crippen LogP contribution in [0.2, 0.25) is 0 Å². The zero-order valence-electron chi connectivity index (χ0n) is 20.0. The minimum Gasteiger partial charge on any atom is -0.225 e. The molecule has 0 N–H and O–H groups in total. The summed E-state index contributed by atoms with van der Waals surface area (Å²) in [5.41, 5.74) is 0.953. The summed E-state index contributed by atoms with van der Waals surface area (Å²) in [4.78, 5) is 8.79. The number of unbranched alkanes of at least 4 members (excludes halogenated alkanes) is 15. The molecule has 2 aromatic rings. The molecule has 0 fully saturated rings. The molecule has 0 aromatic heterocycles. The first-order valence-corrected chi connectivity index (χ1v) is 13.0. The van der Waals surface area contributed by atoms with E-state index in [4.69, 9.17) is 0 Å². The van der Waals surface area contributed by atoms with Crippen molar-refractivity contribution in [2.24, 2.45) is 9.98 Å². The van der Waals surface area contributed by atoms with E-state index < -0.39 is 0 Å². The molecule has 0 aliphatic heterocycles. The largest absolute Gasteiger partial charge is 0.225 e. The Morgan fingerprint density at radius 2 is 1.10 bits per heavy atom. The van der Waals surface area contributed by atoms with Crippen LogP contribution in [0.5, 0.6) is 0 Å². The van der Waals surface area contributed by atoms with Gasteiger partial charge in [0.15, 0.2) is 0 Å². The van der Waals surface area contributed by atoms with Gasteiger partial charge in [-0.2, -0.15) is 4.99 Å². The van der Waals surface area contributed by atoms with Crippen molar-refractivity contribution in [2.75, 3.05) is 6.54 Å². The van der Waals surface area contributed by atoms with E-state index in [9.17, 15) is 0 Å². The average molecular weight is 421 g/mol. The van der Waals surface area contributed by atoms with Crippen molar-refractivity contribution in [1.29, 1.82) is 0 Å². The van der Waals surface area contributed by atoms with E-state index in [0.717, 1.165) is 24.0 Å². The van der Waals surface area contributed by atoms with Crippen molar-refractivity contribution in [3.8, 4) is 0 Å². The van der Waals surface area contributed by atoms with Crippen LogP contribution in [0.15, 0.2) is 52.4 Å². The molecule has 2 heteroatoms. The van der Waals surface area contributed by atoms with Gasteiger partial charge in [-0.1, -0.05) is 140 Å². The Labute approximate surface area is 191 Å². The zero-order chi connectivity index (χ0) is 21.8. The number of fused-ring (bicyclic) bond motifs is 1. The molecule has 0 saturated heterocycles. The van der Waals surface area contributed by atoms with Crippen LogP contribution in [0.4, 0.5) is 5.69 Å². The van der Waals surface area contributed by atoms with E-state index in [1.807, 2.05) is 12.1 Å². The van der Waals surface area contributed by atoms with E-state index in [1.165, 1.54) is 102 Å². The molecule has 0 aliphatic carbocycles. The van der Waals surface area contributed by atoms with Crippen LogP contribution in [-0.4, -0.2) is 12.6 Å². The highest BCUT2D eigenvalue weighted by molar-refractivity contribution is 5.93. The van der Waals surface area contributed by atoms with Gasteiger partial charge in [0.25, 0.3) is 0 Å². The van der Waals surface area contributed by atoms with Crippen molar-refractivity contribution >= 4 is 22.5 Å². The summed E-state index contributed by atoms with van der Waals surface area (Å²) in [6, 6.07) is 17.4. The molecule has 0 heterocycles. The lowest BCUT2D eigenvalue weighted by atomic mass is 10.0. The zero-order valence-corrected chi connectivity index (χ0v) is 20.0. The summed E-state index contributed by atoms with van der Waals surface area (Å²) in [7, 11) is 0. The fourth-order valence-corrected chi connectivity index (χ4v) is 4.18. The van der Waals surface area contributed by atoms with Crippen LogP contribution >= 0.6 is 0 Å². The standard InChI is InChI=1S/C29H44N2/c1-2-3-4-5-6-7-8-9-10-11-12-13-14-15-16-19-25-30-26-31-29-24-20-22-27-21-17-18-23-28(27)29/h17-18,20-24H,2-16,19,25H2,1H3. The Morgan fingerprint density at radius 1 is 0.581 bits per heavy atom. The van der Waals surface area contributed by atoms with Crippen molar-refractivity contribution in [1.82, 2.24) is 0 Å². The number of hydrogen-bond acceptors (Lipinski definition) is 2. The molecule has 170 valence electrons. The normalized spacial score (nSPS) is 10.9. The summed E-state index contributed by atoms with van der Waals surface area (Å²) in [6.07, 6.45) is 22.4. The highest BCUT2D eigenvalue weighted by atomic mass is 14.8. The molecule has 0 spiro atoms. The lowest BCUT2D eigenvalue weighted by Crippen LogP contribution is -1.85. The van der Waals surface area contributed by atoms with Crippen molar-refractivity contribution < 1.29 is 0 Å². The third-order valence-corrected chi connectivity index (χ3v) is 6.13. The first-order valence-electron chi connectivity index (χ1n) is 13.0. The summed E-state index contributed by atoms with van der Waals surface area (Å²) in [6.45, 7) is 3.13. The Bertz CT molecular complexity index is 753. The maximum absolute atomic E-state index is 4.43. The van der Waals surface area contributed by atoms with Gasteiger partial charge in [-0.05, 0) is 17.9 Å². The van der Waals surface area contributed by atoms with Gasteiger partial charge < -0.3 is 0 Å². The Morgan fingerprint density at radius 3 is 1.71 bits per heavy atom. The van der Waals surface area contributed by atoms with E-state index in [0.29, 0.717) is 0 Å². The Balaban J connectivity index is 1.39. The molecule has 0 radical (unpaired) electrons. The van der Waals surface area contributed by atoms with Gasteiger partial charge in [-0.3, -0.25) is 0 Å². The summed E-state index contributed by atoms with van der Waals surface area (Å²) >= 11 is 0. The second kappa shape index (κ2) is 17.7.